The van der Waals surface area contributed by atoms with Crippen LogP contribution in [0.15, 0.2) is 53.4 Å². The first-order valence-electron chi connectivity index (χ1n) is 7.49. The van der Waals surface area contributed by atoms with Crippen LogP contribution < -0.4 is 14.2 Å². The van der Waals surface area contributed by atoms with E-state index >= 15 is 0 Å². The molecule has 26 heavy (non-hydrogen) atoms. The topological polar surface area (TPSA) is 64.6 Å². The van der Waals surface area contributed by atoms with Crippen molar-refractivity contribution in [3.8, 4) is 11.5 Å². The van der Waals surface area contributed by atoms with Crippen molar-refractivity contribution in [3.05, 3.63) is 58.6 Å². The lowest BCUT2D eigenvalue weighted by Gasteiger charge is -2.15. The van der Waals surface area contributed by atoms with E-state index in [-0.39, 0.29) is 16.3 Å². The van der Waals surface area contributed by atoms with E-state index < -0.39 is 10.0 Å². The normalized spacial score (nSPS) is 11.4. The second-order valence-corrected chi connectivity index (χ2v) is 7.85. The number of nitrogens with one attached hydrogen (secondary N) is 1. The number of anilines is 1. The summed E-state index contributed by atoms with van der Waals surface area (Å²) >= 11 is 12.2. The fourth-order valence-electron chi connectivity index (χ4n) is 2.61. The number of hydrogen-bond acceptors (Lipinski definition) is 4. The first-order valence-corrected chi connectivity index (χ1v) is 9.73. The van der Waals surface area contributed by atoms with Gasteiger partial charge in [-0.25, -0.2) is 8.42 Å². The van der Waals surface area contributed by atoms with E-state index in [1.807, 2.05) is 0 Å². The molecule has 5 nitrogen and oxygen atoms in total. The van der Waals surface area contributed by atoms with Crippen LogP contribution in [0.25, 0.3) is 10.8 Å². The van der Waals surface area contributed by atoms with Crippen LogP contribution in [0.2, 0.25) is 10.0 Å². The standard InChI is InChI=1S/C18H15Cl2NO4S/c1-24-16-10-15(17(25-2)9-14(16)20)21-26(22,23)18-8-7-13(19)11-5-3-4-6-12(11)18/h3-10,21H,1-2H3. The fraction of sp³-hybridized carbons (Fsp3) is 0.111. The number of ether oxygens (including phenoxy) is 2. The average Bonchev–Trinajstić information content (AvgIpc) is 2.63. The Labute approximate surface area is 161 Å². The second-order valence-electron chi connectivity index (χ2n) is 5.38. The van der Waals surface area contributed by atoms with E-state index in [2.05, 4.69) is 4.72 Å². The molecule has 3 aromatic rings. The molecule has 0 aliphatic carbocycles. The van der Waals surface area contributed by atoms with Crippen molar-refractivity contribution in [1.29, 1.82) is 0 Å². The molecule has 0 atom stereocenters. The molecular weight excluding hydrogens is 397 g/mol. The molecular formula is C18H15Cl2NO4S. The fourth-order valence-corrected chi connectivity index (χ4v) is 4.34. The summed E-state index contributed by atoms with van der Waals surface area (Å²) in [6, 6.07) is 13.0. The predicted octanol–water partition coefficient (Wildman–Crippen LogP) is 4.96. The van der Waals surface area contributed by atoms with Crippen molar-refractivity contribution in [2.45, 2.75) is 4.90 Å². The van der Waals surface area contributed by atoms with Crippen LogP contribution >= 0.6 is 23.2 Å². The summed E-state index contributed by atoms with van der Waals surface area (Å²) in [4.78, 5) is 0.105. The van der Waals surface area contributed by atoms with Gasteiger partial charge in [-0.3, -0.25) is 4.72 Å². The highest BCUT2D eigenvalue weighted by Crippen LogP contribution is 2.38. The van der Waals surface area contributed by atoms with E-state index in [0.717, 1.165) is 0 Å². The number of benzene rings is 3. The molecule has 0 saturated carbocycles. The maximum Gasteiger partial charge on any atom is 0.262 e. The van der Waals surface area contributed by atoms with Gasteiger partial charge in [-0.2, -0.15) is 0 Å². The third-order valence-corrected chi connectivity index (χ3v) is 5.89. The van der Waals surface area contributed by atoms with Crippen LogP contribution in [0, 0.1) is 0 Å². The quantitative estimate of drug-likeness (QED) is 0.643. The average molecular weight is 412 g/mol. The summed E-state index contributed by atoms with van der Waals surface area (Å²) < 4.78 is 38.9. The maximum atomic E-state index is 13.0. The third kappa shape index (κ3) is 3.40. The van der Waals surface area contributed by atoms with Crippen LogP contribution in [0.1, 0.15) is 0 Å². The Morgan fingerprint density at radius 1 is 0.846 bits per heavy atom. The van der Waals surface area contributed by atoms with Crippen LogP contribution in [0.5, 0.6) is 11.5 Å². The van der Waals surface area contributed by atoms with E-state index in [1.54, 1.807) is 30.3 Å². The van der Waals surface area contributed by atoms with Gasteiger partial charge in [0.25, 0.3) is 10.0 Å². The van der Waals surface area contributed by atoms with Gasteiger partial charge in [0.05, 0.1) is 29.8 Å². The van der Waals surface area contributed by atoms with Crippen molar-refractivity contribution < 1.29 is 17.9 Å². The monoisotopic (exact) mass is 411 g/mol. The van der Waals surface area contributed by atoms with Crippen molar-refractivity contribution in [2.24, 2.45) is 0 Å². The number of halogens is 2. The summed E-state index contributed by atoms with van der Waals surface area (Å²) in [5, 5.41) is 1.96. The minimum absolute atomic E-state index is 0.105. The maximum absolute atomic E-state index is 13.0. The van der Waals surface area contributed by atoms with Gasteiger partial charge in [-0.15, -0.1) is 0 Å². The van der Waals surface area contributed by atoms with Crippen molar-refractivity contribution in [1.82, 2.24) is 0 Å². The van der Waals surface area contributed by atoms with Gasteiger partial charge < -0.3 is 9.47 Å². The van der Waals surface area contributed by atoms with E-state index in [0.29, 0.717) is 26.6 Å². The Kier molecular flexibility index (Phi) is 5.18. The molecule has 0 spiro atoms. The zero-order valence-electron chi connectivity index (χ0n) is 13.9. The largest absolute Gasteiger partial charge is 0.495 e. The molecule has 136 valence electrons. The van der Waals surface area contributed by atoms with Gasteiger partial charge in [0.15, 0.2) is 0 Å². The van der Waals surface area contributed by atoms with E-state index in [9.17, 15) is 8.42 Å². The molecule has 0 fully saturated rings. The molecule has 0 unspecified atom stereocenters. The zero-order chi connectivity index (χ0) is 18.9. The number of fused-ring (bicyclic) bond motifs is 1. The summed E-state index contributed by atoms with van der Waals surface area (Å²) in [5.74, 6) is 0.601. The summed E-state index contributed by atoms with van der Waals surface area (Å²) in [5.41, 5.74) is 0.216. The van der Waals surface area contributed by atoms with Crippen LogP contribution in [0.3, 0.4) is 0 Å². The molecule has 3 aromatic carbocycles. The third-order valence-electron chi connectivity index (χ3n) is 3.84. The Morgan fingerprint density at radius 2 is 1.50 bits per heavy atom. The number of methoxy groups -OCH3 is 2. The molecule has 0 heterocycles. The lowest BCUT2D eigenvalue weighted by Crippen LogP contribution is -2.14. The number of sulfonamides is 1. The van der Waals surface area contributed by atoms with Gasteiger partial charge in [-0.05, 0) is 12.1 Å². The Morgan fingerprint density at radius 3 is 2.15 bits per heavy atom. The molecule has 0 radical (unpaired) electrons. The molecule has 0 aromatic heterocycles. The SMILES string of the molecule is COc1cc(NS(=O)(=O)c2ccc(Cl)c3ccccc23)c(OC)cc1Cl. The zero-order valence-corrected chi connectivity index (χ0v) is 16.2. The molecule has 0 aliphatic rings. The molecule has 0 amide bonds. The smallest absolute Gasteiger partial charge is 0.262 e. The highest BCUT2D eigenvalue weighted by molar-refractivity contribution is 7.93. The van der Waals surface area contributed by atoms with Gasteiger partial charge >= 0.3 is 0 Å². The lowest BCUT2D eigenvalue weighted by atomic mass is 10.1. The summed E-state index contributed by atoms with van der Waals surface area (Å²) in [6.07, 6.45) is 0. The van der Waals surface area contributed by atoms with Crippen molar-refractivity contribution in [2.75, 3.05) is 18.9 Å². The lowest BCUT2D eigenvalue weighted by molar-refractivity contribution is 0.405. The van der Waals surface area contributed by atoms with E-state index in [4.69, 9.17) is 32.7 Å². The van der Waals surface area contributed by atoms with Gasteiger partial charge in [-0.1, -0.05) is 47.5 Å². The summed E-state index contributed by atoms with van der Waals surface area (Å²) in [7, 11) is -1.05. The Hall–Kier alpha value is -2.15. The number of rotatable bonds is 5. The van der Waals surface area contributed by atoms with Crippen LogP contribution in [-0.2, 0) is 10.0 Å². The van der Waals surface area contributed by atoms with E-state index in [1.165, 1.54) is 32.4 Å². The van der Waals surface area contributed by atoms with Gasteiger partial charge in [0.1, 0.15) is 11.5 Å². The molecule has 1 N–H and O–H groups in total. The van der Waals surface area contributed by atoms with Crippen LogP contribution in [0.4, 0.5) is 5.69 Å². The minimum atomic E-state index is -3.91. The van der Waals surface area contributed by atoms with Gasteiger partial charge in [0, 0.05) is 27.9 Å². The molecule has 0 bridgehead atoms. The molecule has 3 rings (SSSR count). The molecule has 8 heteroatoms. The summed E-state index contributed by atoms with van der Waals surface area (Å²) in [6.45, 7) is 0. The van der Waals surface area contributed by atoms with Crippen LogP contribution in [-0.4, -0.2) is 22.6 Å². The second kappa shape index (κ2) is 7.23. The Balaban J connectivity index is 2.13. The Bertz CT molecular complexity index is 1080. The molecule has 0 aliphatic heterocycles. The first kappa shape index (κ1) is 18.6. The predicted molar refractivity (Wildman–Crippen MR) is 104 cm³/mol. The van der Waals surface area contributed by atoms with Gasteiger partial charge in [0.2, 0.25) is 0 Å². The highest BCUT2D eigenvalue weighted by atomic mass is 35.5. The van der Waals surface area contributed by atoms with Crippen molar-refractivity contribution in [3.63, 3.8) is 0 Å². The molecule has 0 saturated heterocycles. The highest BCUT2D eigenvalue weighted by Gasteiger charge is 2.21. The van der Waals surface area contributed by atoms with Crippen molar-refractivity contribution >= 4 is 49.7 Å². The minimum Gasteiger partial charge on any atom is -0.495 e. The first-order chi connectivity index (χ1) is 12.4. The number of hydrogen-bond donors (Lipinski definition) is 1.